The number of hydrogen-bond acceptors (Lipinski definition) is 3. The summed E-state index contributed by atoms with van der Waals surface area (Å²) in [5, 5.41) is 7.77. The maximum absolute atomic E-state index is 12.4. The van der Waals surface area contributed by atoms with Gasteiger partial charge in [-0.05, 0) is 47.5 Å². The molecule has 1 heterocycles. The van der Waals surface area contributed by atoms with Crippen molar-refractivity contribution in [2.75, 3.05) is 5.32 Å². The lowest BCUT2D eigenvalue weighted by Crippen LogP contribution is -2.14. The van der Waals surface area contributed by atoms with E-state index in [0.717, 1.165) is 11.1 Å². The van der Waals surface area contributed by atoms with Gasteiger partial charge in [0.15, 0.2) is 12.4 Å². The molecule has 150 valence electrons. The van der Waals surface area contributed by atoms with Crippen LogP contribution in [0, 0.1) is 0 Å². The van der Waals surface area contributed by atoms with Crippen molar-refractivity contribution in [1.29, 1.82) is 0 Å². The molecule has 4 aromatic rings. The molecule has 0 unspecified atom stereocenters. The first kappa shape index (κ1) is 20.0. The van der Waals surface area contributed by atoms with Crippen molar-refractivity contribution in [3.8, 4) is 16.9 Å². The average Bonchev–Trinajstić information content (AvgIpc) is 3.25. The van der Waals surface area contributed by atoms with Crippen molar-refractivity contribution in [1.82, 2.24) is 9.78 Å². The molecule has 30 heavy (non-hydrogen) atoms. The number of carbonyl (C=O) groups is 1. The number of rotatable bonds is 6. The van der Waals surface area contributed by atoms with E-state index in [0.29, 0.717) is 21.5 Å². The fraction of sp³-hybridized carbons (Fsp3) is 0.0435. The third-order valence-corrected chi connectivity index (χ3v) is 5.11. The van der Waals surface area contributed by atoms with Crippen LogP contribution < -0.4 is 10.1 Å². The molecule has 3 aromatic carbocycles. The second-order valence-corrected chi connectivity index (χ2v) is 7.30. The molecule has 0 fully saturated rings. The monoisotopic (exact) mass is 437 g/mol. The molecule has 0 atom stereocenters. The Bertz CT molecular complexity index is 1160. The van der Waals surface area contributed by atoms with E-state index in [9.17, 15) is 4.79 Å². The summed E-state index contributed by atoms with van der Waals surface area (Å²) in [5.74, 6) is 0.367. The van der Waals surface area contributed by atoms with E-state index in [1.165, 1.54) is 0 Å². The third-order valence-electron chi connectivity index (χ3n) is 4.38. The molecule has 0 bridgehead atoms. The van der Waals surface area contributed by atoms with Crippen molar-refractivity contribution < 1.29 is 9.53 Å². The number of aromatic nitrogens is 2. The quantitative estimate of drug-likeness (QED) is 0.393. The lowest BCUT2D eigenvalue weighted by molar-refractivity contribution is 0.102. The largest absolute Gasteiger partial charge is 0.471 e. The van der Waals surface area contributed by atoms with Gasteiger partial charge < -0.3 is 10.1 Å². The van der Waals surface area contributed by atoms with Gasteiger partial charge in [-0.25, -0.2) is 4.68 Å². The Morgan fingerprint density at radius 3 is 2.37 bits per heavy atom. The first-order chi connectivity index (χ1) is 14.6. The summed E-state index contributed by atoms with van der Waals surface area (Å²) in [4.78, 5) is 12.4. The molecule has 0 saturated carbocycles. The molecule has 5 nitrogen and oxygen atoms in total. The topological polar surface area (TPSA) is 56.2 Å². The smallest absolute Gasteiger partial charge is 0.276 e. The Labute approximate surface area is 183 Å². The van der Waals surface area contributed by atoms with Gasteiger partial charge in [0.25, 0.3) is 5.91 Å². The third kappa shape index (κ3) is 4.82. The van der Waals surface area contributed by atoms with Gasteiger partial charge in [-0.2, -0.15) is 5.10 Å². The normalized spacial score (nSPS) is 10.6. The molecule has 0 radical (unpaired) electrons. The van der Waals surface area contributed by atoms with Crippen molar-refractivity contribution in [3.05, 3.63) is 101 Å². The van der Waals surface area contributed by atoms with E-state index in [1.54, 1.807) is 35.1 Å². The second-order valence-electron chi connectivity index (χ2n) is 6.49. The van der Waals surface area contributed by atoms with E-state index in [2.05, 4.69) is 22.5 Å². The molecule has 1 amide bonds. The number of amides is 1. The Morgan fingerprint density at radius 1 is 0.900 bits per heavy atom. The Morgan fingerprint density at radius 2 is 1.63 bits per heavy atom. The maximum atomic E-state index is 12.4. The predicted octanol–water partition coefficient (Wildman–Crippen LogP) is 6.15. The first-order valence-corrected chi connectivity index (χ1v) is 9.92. The minimum absolute atomic E-state index is 0.185. The van der Waals surface area contributed by atoms with Crippen LogP contribution in [0.1, 0.15) is 10.5 Å². The van der Waals surface area contributed by atoms with E-state index >= 15 is 0 Å². The molecule has 0 spiro atoms. The fourth-order valence-electron chi connectivity index (χ4n) is 2.84. The fourth-order valence-corrected chi connectivity index (χ4v) is 3.14. The SMILES string of the molecule is O=C(Nc1ccc(Cl)c(Cl)c1)c1ccn(COc2ccc(-c3ccccc3)cc2)n1. The molecule has 1 N–H and O–H groups in total. The summed E-state index contributed by atoms with van der Waals surface area (Å²) in [7, 11) is 0. The number of benzene rings is 3. The number of anilines is 1. The van der Waals surface area contributed by atoms with Gasteiger partial charge in [-0.1, -0.05) is 65.7 Å². The average molecular weight is 438 g/mol. The minimum atomic E-state index is -0.348. The van der Waals surface area contributed by atoms with E-state index in [4.69, 9.17) is 27.9 Å². The van der Waals surface area contributed by atoms with Crippen LogP contribution in [-0.4, -0.2) is 15.7 Å². The lowest BCUT2D eigenvalue weighted by Gasteiger charge is -2.08. The van der Waals surface area contributed by atoms with Crippen LogP contribution in [0.15, 0.2) is 85.1 Å². The summed E-state index contributed by atoms with van der Waals surface area (Å²) >= 11 is 11.9. The molecular weight excluding hydrogens is 421 g/mol. The number of hydrogen-bond donors (Lipinski definition) is 1. The summed E-state index contributed by atoms with van der Waals surface area (Å²) in [6, 6.07) is 24.4. The number of carbonyl (C=O) groups excluding carboxylic acids is 1. The van der Waals surface area contributed by atoms with Crippen LogP contribution in [0.25, 0.3) is 11.1 Å². The number of ether oxygens (including phenoxy) is 1. The summed E-state index contributed by atoms with van der Waals surface area (Å²) < 4.78 is 7.31. The van der Waals surface area contributed by atoms with Crippen LogP contribution in [0.5, 0.6) is 5.75 Å². The highest BCUT2D eigenvalue weighted by Gasteiger charge is 2.11. The molecule has 7 heteroatoms. The van der Waals surface area contributed by atoms with E-state index in [-0.39, 0.29) is 18.3 Å². The number of nitrogens with one attached hydrogen (secondary N) is 1. The second kappa shape index (κ2) is 9.03. The van der Waals surface area contributed by atoms with Gasteiger partial charge in [0, 0.05) is 11.9 Å². The molecule has 0 aliphatic carbocycles. The van der Waals surface area contributed by atoms with Crippen LogP contribution in [-0.2, 0) is 6.73 Å². The zero-order valence-corrected chi connectivity index (χ0v) is 17.3. The van der Waals surface area contributed by atoms with Crippen LogP contribution >= 0.6 is 23.2 Å². The standard InChI is InChI=1S/C23H17Cl2N3O2/c24-20-11-8-18(14-21(20)25)26-23(29)22-12-13-28(27-22)15-30-19-9-6-17(7-10-19)16-4-2-1-3-5-16/h1-14H,15H2,(H,26,29). The van der Waals surface area contributed by atoms with Crippen LogP contribution in [0.4, 0.5) is 5.69 Å². The van der Waals surface area contributed by atoms with Crippen LogP contribution in [0.2, 0.25) is 10.0 Å². The molecular formula is C23H17Cl2N3O2. The predicted molar refractivity (Wildman–Crippen MR) is 119 cm³/mol. The van der Waals surface area contributed by atoms with Gasteiger partial charge >= 0.3 is 0 Å². The Kier molecular flexibility index (Phi) is 6.02. The van der Waals surface area contributed by atoms with Crippen LogP contribution in [0.3, 0.4) is 0 Å². The van der Waals surface area contributed by atoms with Gasteiger partial charge in [0.05, 0.1) is 10.0 Å². The van der Waals surface area contributed by atoms with Gasteiger partial charge in [-0.15, -0.1) is 0 Å². The Hall–Kier alpha value is -3.28. The minimum Gasteiger partial charge on any atom is -0.471 e. The Balaban J connectivity index is 1.35. The molecule has 1 aromatic heterocycles. The van der Waals surface area contributed by atoms with Crippen molar-refractivity contribution in [2.24, 2.45) is 0 Å². The highest BCUT2D eigenvalue weighted by atomic mass is 35.5. The highest BCUT2D eigenvalue weighted by Crippen LogP contribution is 2.25. The molecule has 0 saturated heterocycles. The molecule has 0 aliphatic heterocycles. The van der Waals surface area contributed by atoms with Crippen molar-refractivity contribution in [3.63, 3.8) is 0 Å². The van der Waals surface area contributed by atoms with Crippen molar-refractivity contribution in [2.45, 2.75) is 6.73 Å². The molecule has 4 rings (SSSR count). The maximum Gasteiger partial charge on any atom is 0.276 e. The van der Waals surface area contributed by atoms with E-state index < -0.39 is 0 Å². The zero-order valence-electron chi connectivity index (χ0n) is 15.8. The lowest BCUT2D eigenvalue weighted by atomic mass is 10.1. The van der Waals surface area contributed by atoms with Crippen molar-refractivity contribution >= 4 is 34.8 Å². The summed E-state index contributed by atoms with van der Waals surface area (Å²) in [6.45, 7) is 0.185. The number of nitrogens with zero attached hydrogens (tertiary/aromatic N) is 2. The summed E-state index contributed by atoms with van der Waals surface area (Å²) in [5.41, 5.74) is 3.07. The number of halogens is 2. The summed E-state index contributed by atoms with van der Waals surface area (Å²) in [6.07, 6.45) is 1.68. The van der Waals surface area contributed by atoms with Gasteiger partial charge in [0.1, 0.15) is 5.75 Å². The molecule has 0 aliphatic rings. The first-order valence-electron chi connectivity index (χ1n) is 9.17. The zero-order chi connectivity index (χ0) is 20.9. The highest BCUT2D eigenvalue weighted by molar-refractivity contribution is 6.42. The van der Waals surface area contributed by atoms with E-state index in [1.807, 2.05) is 42.5 Å². The van der Waals surface area contributed by atoms with Gasteiger partial charge in [-0.3, -0.25) is 4.79 Å². The van der Waals surface area contributed by atoms with Gasteiger partial charge in [0.2, 0.25) is 0 Å².